The summed E-state index contributed by atoms with van der Waals surface area (Å²) in [5, 5.41) is 18.0. The molecule has 0 amide bonds. The summed E-state index contributed by atoms with van der Waals surface area (Å²) in [5.74, 6) is 0.684. The smallest absolute Gasteiger partial charge is 0.128 e. The largest absolute Gasteiger partial charge is 0.294 e. The fraction of sp³-hybridized carbons (Fsp3) is 0.0625. The third kappa shape index (κ3) is 2.29. The Labute approximate surface area is 130 Å². The summed E-state index contributed by atoms with van der Waals surface area (Å²) in [6.07, 6.45) is 0.223. The minimum atomic E-state index is 0.223. The molecule has 0 bridgehead atoms. The molecule has 21 heavy (non-hydrogen) atoms. The van der Waals surface area contributed by atoms with Crippen LogP contribution >= 0.6 is 15.9 Å². The van der Waals surface area contributed by atoms with Gasteiger partial charge in [0, 0.05) is 4.47 Å². The normalized spacial score (nSPS) is 10.2. The Hall–Kier alpha value is -2.63. The molecule has 0 saturated carbocycles. The highest BCUT2D eigenvalue weighted by Crippen LogP contribution is 2.28. The lowest BCUT2D eigenvalue weighted by molar-refractivity contribution is 0.950. The number of rotatable bonds is 2. The van der Waals surface area contributed by atoms with Gasteiger partial charge in [-0.1, -0.05) is 12.1 Å². The van der Waals surface area contributed by atoms with Crippen LogP contribution in [0, 0.1) is 22.7 Å². The fourth-order valence-corrected chi connectivity index (χ4v) is 2.85. The van der Waals surface area contributed by atoms with Gasteiger partial charge >= 0.3 is 0 Å². The predicted octanol–water partition coefficient (Wildman–Crippen LogP) is 3.73. The Morgan fingerprint density at radius 1 is 1.14 bits per heavy atom. The molecule has 0 aliphatic rings. The molecule has 0 spiro atoms. The van der Waals surface area contributed by atoms with Crippen molar-refractivity contribution in [3.05, 3.63) is 58.3 Å². The zero-order valence-corrected chi connectivity index (χ0v) is 12.5. The number of halogens is 1. The summed E-state index contributed by atoms with van der Waals surface area (Å²) in [5.41, 5.74) is 3.23. The number of benzene rings is 2. The molecular formula is C16H9BrN4. The number of nitrogens with zero attached hydrogens (tertiary/aromatic N) is 4. The lowest BCUT2D eigenvalue weighted by Crippen LogP contribution is -2.01. The number of nitriles is 2. The molecule has 1 heterocycles. The standard InChI is InChI=1S/C16H9BrN4/c17-12-9-11(10-19)5-6-14(12)21-15-4-2-1-3-13(15)20-16(21)7-8-18/h1-6,9H,7H2. The van der Waals surface area contributed by atoms with Gasteiger partial charge in [-0.2, -0.15) is 10.5 Å². The molecule has 3 rings (SSSR count). The summed E-state index contributed by atoms with van der Waals surface area (Å²) in [6, 6.07) is 17.4. The van der Waals surface area contributed by atoms with Crippen LogP contribution in [0.15, 0.2) is 46.9 Å². The molecule has 5 heteroatoms. The molecule has 3 aromatic rings. The Morgan fingerprint density at radius 3 is 2.67 bits per heavy atom. The van der Waals surface area contributed by atoms with Gasteiger partial charge in [0.15, 0.2) is 0 Å². The zero-order valence-electron chi connectivity index (χ0n) is 10.9. The van der Waals surface area contributed by atoms with Crippen molar-refractivity contribution in [3.8, 4) is 17.8 Å². The zero-order chi connectivity index (χ0) is 14.8. The van der Waals surface area contributed by atoms with Crippen molar-refractivity contribution in [2.45, 2.75) is 6.42 Å². The first kappa shape index (κ1) is 13.4. The second-order valence-electron chi connectivity index (χ2n) is 4.47. The third-order valence-electron chi connectivity index (χ3n) is 3.19. The number of imidazole rings is 1. The van der Waals surface area contributed by atoms with Gasteiger partial charge in [-0.05, 0) is 46.3 Å². The summed E-state index contributed by atoms with van der Waals surface area (Å²) in [7, 11) is 0. The van der Waals surface area contributed by atoms with E-state index in [2.05, 4.69) is 33.1 Å². The van der Waals surface area contributed by atoms with Gasteiger partial charge in [0.25, 0.3) is 0 Å². The quantitative estimate of drug-likeness (QED) is 0.716. The number of fused-ring (bicyclic) bond motifs is 1. The van der Waals surface area contributed by atoms with Crippen molar-refractivity contribution >= 4 is 27.0 Å². The van der Waals surface area contributed by atoms with Gasteiger partial charge in [-0.15, -0.1) is 0 Å². The Kier molecular flexibility index (Phi) is 3.43. The summed E-state index contributed by atoms with van der Waals surface area (Å²) >= 11 is 3.50. The van der Waals surface area contributed by atoms with Gasteiger partial charge in [0.05, 0.1) is 40.8 Å². The number of para-hydroxylation sites is 2. The fourth-order valence-electron chi connectivity index (χ4n) is 2.29. The highest BCUT2D eigenvalue weighted by molar-refractivity contribution is 9.10. The first-order valence-electron chi connectivity index (χ1n) is 6.28. The van der Waals surface area contributed by atoms with E-state index in [0.29, 0.717) is 11.4 Å². The van der Waals surface area contributed by atoms with Gasteiger partial charge < -0.3 is 0 Å². The maximum Gasteiger partial charge on any atom is 0.128 e. The average Bonchev–Trinajstić information content (AvgIpc) is 2.85. The Balaban J connectivity index is 2.31. The molecule has 2 aromatic carbocycles. The van der Waals surface area contributed by atoms with Crippen molar-refractivity contribution in [2.24, 2.45) is 0 Å². The van der Waals surface area contributed by atoms with Crippen LogP contribution < -0.4 is 0 Å². The van der Waals surface area contributed by atoms with Crippen molar-refractivity contribution < 1.29 is 0 Å². The first-order valence-corrected chi connectivity index (χ1v) is 7.07. The highest BCUT2D eigenvalue weighted by Gasteiger charge is 2.14. The van der Waals surface area contributed by atoms with Crippen LogP contribution in [0.3, 0.4) is 0 Å². The van der Waals surface area contributed by atoms with E-state index in [1.165, 1.54) is 0 Å². The SMILES string of the molecule is N#CCc1nc2ccccc2n1-c1ccc(C#N)cc1Br. The number of hydrogen-bond donors (Lipinski definition) is 0. The van der Waals surface area contributed by atoms with E-state index in [4.69, 9.17) is 10.5 Å². The minimum Gasteiger partial charge on any atom is -0.294 e. The molecule has 0 unspecified atom stereocenters. The van der Waals surface area contributed by atoms with E-state index in [-0.39, 0.29) is 6.42 Å². The molecule has 0 aliphatic carbocycles. The molecule has 0 atom stereocenters. The van der Waals surface area contributed by atoms with Crippen molar-refractivity contribution in [2.75, 3.05) is 0 Å². The average molecular weight is 337 g/mol. The van der Waals surface area contributed by atoms with Crippen LogP contribution in [0.2, 0.25) is 0 Å². The first-order chi connectivity index (χ1) is 10.2. The lowest BCUT2D eigenvalue weighted by atomic mass is 10.2. The van der Waals surface area contributed by atoms with E-state index < -0.39 is 0 Å². The molecule has 0 aliphatic heterocycles. The second-order valence-corrected chi connectivity index (χ2v) is 5.32. The monoisotopic (exact) mass is 336 g/mol. The van der Waals surface area contributed by atoms with Crippen LogP contribution in [-0.2, 0) is 6.42 Å². The van der Waals surface area contributed by atoms with E-state index in [1.54, 1.807) is 12.1 Å². The van der Waals surface area contributed by atoms with E-state index >= 15 is 0 Å². The van der Waals surface area contributed by atoms with Crippen LogP contribution in [-0.4, -0.2) is 9.55 Å². The lowest BCUT2D eigenvalue weighted by Gasteiger charge is -2.10. The molecule has 0 radical (unpaired) electrons. The molecule has 0 fully saturated rings. The van der Waals surface area contributed by atoms with Crippen LogP contribution in [0.25, 0.3) is 16.7 Å². The summed E-state index contributed by atoms with van der Waals surface area (Å²) < 4.78 is 2.74. The van der Waals surface area contributed by atoms with Crippen molar-refractivity contribution in [3.63, 3.8) is 0 Å². The molecule has 4 nitrogen and oxygen atoms in total. The van der Waals surface area contributed by atoms with Gasteiger partial charge in [-0.3, -0.25) is 4.57 Å². The van der Waals surface area contributed by atoms with Gasteiger partial charge in [-0.25, -0.2) is 4.98 Å². The topological polar surface area (TPSA) is 65.4 Å². The van der Waals surface area contributed by atoms with Gasteiger partial charge in [0.1, 0.15) is 5.82 Å². The van der Waals surface area contributed by atoms with Crippen molar-refractivity contribution in [1.29, 1.82) is 10.5 Å². The molecule has 1 aromatic heterocycles. The van der Waals surface area contributed by atoms with E-state index in [1.807, 2.05) is 34.9 Å². The predicted molar refractivity (Wildman–Crippen MR) is 82.8 cm³/mol. The Morgan fingerprint density at radius 2 is 1.95 bits per heavy atom. The van der Waals surface area contributed by atoms with Crippen molar-refractivity contribution in [1.82, 2.24) is 9.55 Å². The number of hydrogen-bond acceptors (Lipinski definition) is 3. The van der Waals surface area contributed by atoms with E-state index in [9.17, 15) is 0 Å². The highest BCUT2D eigenvalue weighted by atomic mass is 79.9. The maximum absolute atomic E-state index is 9.01. The van der Waals surface area contributed by atoms with Gasteiger partial charge in [0.2, 0.25) is 0 Å². The van der Waals surface area contributed by atoms with E-state index in [0.717, 1.165) is 21.2 Å². The number of aromatic nitrogens is 2. The molecule has 0 N–H and O–H groups in total. The second kappa shape index (κ2) is 5.40. The third-order valence-corrected chi connectivity index (χ3v) is 3.82. The van der Waals surface area contributed by atoms with Crippen LogP contribution in [0.1, 0.15) is 11.4 Å². The van der Waals surface area contributed by atoms with Crippen LogP contribution in [0.4, 0.5) is 0 Å². The summed E-state index contributed by atoms with van der Waals surface area (Å²) in [6.45, 7) is 0. The van der Waals surface area contributed by atoms with Crippen LogP contribution in [0.5, 0.6) is 0 Å². The molecule has 100 valence electrons. The summed E-state index contributed by atoms with van der Waals surface area (Å²) in [4.78, 5) is 4.52. The molecular weight excluding hydrogens is 328 g/mol. The maximum atomic E-state index is 9.01. The minimum absolute atomic E-state index is 0.223. The molecule has 0 saturated heterocycles. The Bertz CT molecular complexity index is 912.